The molecular weight excluding hydrogens is 354 g/mol. The van der Waals surface area contributed by atoms with Gasteiger partial charge in [0.2, 0.25) is 0 Å². The Labute approximate surface area is 163 Å². The van der Waals surface area contributed by atoms with Crippen LogP contribution in [0.25, 0.3) is 11.1 Å². The molecule has 0 atom stereocenters. The third-order valence-corrected chi connectivity index (χ3v) is 4.40. The number of amides is 1. The zero-order valence-electron chi connectivity index (χ0n) is 15.7. The number of fused-ring (bicyclic) bond motifs is 3. The molecule has 0 aliphatic heterocycles. The molecule has 1 aliphatic rings. The number of anilines is 1. The first kappa shape index (κ1) is 19.2. The van der Waals surface area contributed by atoms with E-state index in [1.54, 1.807) is 12.1 Å². The zero-order valence-corrected chi connectivity index (χ0v) is 15.7. The Balaban J connectivity index is 0.00000109. The summed E-state index contributed by atoms with van der Waals surface area (Å²) in [5.41, 5.74) is 4.10. The first-order valence-electron chi connectivity index (χ1n) is 9.13. The molecule has 0 bridgehead atoms. The normalized spacial score (nSPS) is 11.5. The lowest BCUT2D eigenvalue weighted by atomic mass is 10.1. The number of ether oxygens (including phenoxy) is 1. The van der Waals surface area contributed by atoms with Crippen LogP contribution < -0.4 is 5.32 Å². The number of hydrogen-bond acceptors (Lipinski definition) is 3. The van der Waals surface area contributed by atoms with Crippen molar-refractivity contribution in [3.05, 3.63) is 89.5 Å². The highest BCUT2D eigenvalue weighted by atomic mass is 16.6. The van der Waals surface area contributed by atoms with Gasteiger partial charge in [0, 0.05) is 11.1 Å². The number of nitrogens with one attached hydrogen (secondary N) is 1. The molecule has 1 amide bonds. The van der Waals surface area contributed by atoms with Crippen LogP contribution in [0.5, 0.6) is 0 Å². The average molecular weight is 375 g/mol. The van der Waals surface area contributed by atoms with Crippen molar-refractivity contribution in [2.45, 2.75) is 20.0 Å². The number of benzene rings is 3. The summed E-state index contributed by atoms with van der Waals surface area (Å²) in [6, 6.07) is 21.8. The molecule has 1 aliphatic carbocycles. The summed E-state index contributed by atoms with van der Waals surface area (Å²) in [5, 5.41) is 11.8. The van der Waals surface area contributed by atoms with Crippen molar-refractivity contribution in [1.82, 2.24) is 0 Å². The molecule has 0 saturated carbocycles. The van der Waals surface area contributed by atoms with E-state index in [9.17, 15) is 14.7 Å². The van der Waals surface area contributed by atoms with Gasteiger partial charge < -0.3 is 9.84 Å². The third kappa shape index (κ3) is 3.60. The Hall–Kier alpha value is -3.60. The van der Waals surface area contributed by atoms with Crippen LogP contribution in [-0.2, 0) is 4.74 Å². The van der Waals surface area contributed by atoms with Crippen LogP contribution in [-0.4, -0.2) is 17.2 Å². The number of rotatable bonds is 3. The quantitative estimate of drug-likeness (QED) is 0.613. The van der Waals surface area contributed by atoms with Gasteiger partial charge in [-0.3, -0.25) is 5.32 Å². The van der Waals surface area contributed by atoms with E-state index in [0.717, 1.165) is 22.3 Å². The Morgan fingerprint density at radius 2 is 1.32 bits per heavy atom. The monoisotopic (exact) mass is 375 g/mol. The Morgan fingerprint density at radius 3 is 1.89 bits per heavy atom. The summed E-state index contributed by atoms with van der Waals surface area (Å²) in [7, 11) is 0. The smallest absolute Gasteiger partial charge is 0.412 e. The summed E-state index contributed by atoms with van der Waals surface area (Å²) in [5.74, 6) is -1.11. The topological polar surface area (TPSA) is 75.6 Å². The highest BCUT2D eigenvalue weighted by Crippen LogP contribution is 2.45. The van der Waals surface area contributed by atoms with Crippen LogP contribution in [0.3, 0.4) is 0 Å². The van der Waals surface area contributed by atoms with Crippen LogP contribution in [0.4, 0.5) is 10.5 Å². The highest BCUT2D eigenvalue weighted by Gasteiger charge is 2.31. The minimum atomic E-state index is -1.11. The molecule has 0 fully saturated rings. The zero-order chi connectivity index (χ0) is 20.1. The third-order valence-electron chi connectivity index (χ3n) is 4.40. The maximum absolute atomic E-state index is 12.4. The van der Waals surface area contributed by atoms with Gasteiger partial charge in [0.1, 0.15) is 0 Å². The minimum absolute atomic E-state index is 0.0108. The maximum atomic E-state index is 12.4. The van der Waals surface area contributed by atoms with Gasteiger partial charge in [-0.25, -0.2) is 9.59 Å². The van der Waals surface area contributed by atoms with Crippen molar-refractivity contribution >= 4 is 17.7 Å². The molecule has 28 heavy (non-hydrogen) atoms. The van der Waals surface area contributed by atoms with Crippen molar-refractivity contribution in [2.24, 2.45) is 0 Å². The lowest BCUT2D eigenvalue weighted by molar-refractivity contribution is 0.0698. The molecule has 4 rings (SSSR count). The first-order valence-corrected chi connectivity index (χ1v) is 9.13. The van der Waals surface area contributed by atoms with Gasteiger partial charge in [0.15, 0.2) is 6.10 Å². The van der Waals surface area contributed by atoms with Crippen LogP contribution in [0.1, 0.15) is 41.4 Å². The van der Waals surface area contributed by atoms with Crippen molar-refractivity contribution in [1.29, 1.82) is 0 Å². The number of para-hydroxylation sites is 1. The Bertz CT molecular complexity index is 967. The average Bonchev–Trinajstić information content (AvgIpc) is 3.04. The standard InChI is InChI=1S/C21H15NO4.C2H6/c23-20(24)17-11-5-6-12-18(17)22-21(25)26-19-15-9-3-1-7-13(15)14-8-2-4-10-16(14)19;1-2/h1-12,19H,(H,22,25)(H,23,24);1-2H3. The maximum Gasteiger partial charge on any atom is 0.412 e. The van der Waals surface area contributed by atoms with E-state index in [0.29, 0.717) is 0 Å². The molecule has 2 N–H and O–H groups in total. The van der Waals surface area contributed by atoms with Crippen molar-refractivity contribution in [2.75, 3.05) is 5.32 Å². The van der Waals surface area contributed by atoms with Crippen molar-refractivity contribution in [3.8, 4) is 11.1 Å². The van der Waals surface area contributed by atoms with Gasteiger partial charge in [-0.1, -0.05) is 74.5 Å². The number of hydrogen-bond donors (Lipinski definition) is 2. The molecule has 0 radical (unpaired) electrons. The van der Waals surface area contributed by atoms with Gasteiger partial charge in [-0.05, 0) is 23.3 Å². The molecule has 0 spiro atoms. The number of carbonyl (C=O) groups is 2. The second kappa shape index (κ2) is 8.39. The van der Waals surface area contributed by atoms with Crippen LogP contribution in [0.15, 0.2) is 72.8 Å². The molecule has 0 aromatic heterocycles. The SMILES string of the molecule is CC.O=C(Nc1ccccc1C(=O)O)OC1c2ccccc2-c2ccccc21. The van der Waals surface area contributed by atoms with E-state index in [-0.39, 0.29) is 11.3 Å². The van der Waals surface area contributed by atoms with Crippen LogP contribution >= 0.6 is 0 Å². The molecule has 3 aromatic rings. The largest absolute Gasteiger partial charge is 0.478 e. The fourth-order valence-corrected chi connectivity index (χ4v) is 3.26. The number of carboxylic acids is 1. The molecule has 0 saturated heterocycles. The van der Waals surface area contributed by atoms with Gasteiger partial charge in [-0.15, -0.1) is 0 Å². The van der Waals surface area contributed by atoms with E-state index in [2.05, 4.69) is 5.32 Å². The highest BCUT2D eigenvalue weighted by molar-refractivity contribution is 5.98. The number of aromatic carboxylic acids is 1. The molecule has 3 aromatic carbocycles. The lowest BCUT2D eigenvalue weighted by Gasteiger charge is -2.16. The molecule has 5 heteroatoms. The lowest BCUT2D eigenvalue weighted by Crippen LogP contribution is -2.18. The second-order valence-electron chi connectivity index (χ2n) is 5.94. The summed E-state index contributed by atoms with van der Waals surface area (Å²) in [6.07, 6.45) is -1.23. The number of carbonyl (C=O) groups excluding carboxylic acids is 1. The first-order chi connectivity index (χ1) is 13.6. The summed E-state index contributed by atoms with van der Waals surface area (Å²) < 4.78 is 5.66. The second-order valence-corrected chi connectivity index (χ2v) is 5.94. The molecule has 0 heterocycles. The van der Waals surface area contributed by atoms with Gasteiger partial charge in [-0.2, -0.15) is 0 Å². The van der Waals surface area contributed by atoms with Gasteiger partial charge >= 0.3 is 12.1 Å². The predicted molar refractivity (Wildman–Crippen MR) is 109 cm³/mol. The molecular formula is C23H21NO4. The summed E-state index contributed by atoms with van der Waals surface area (Å²) in [6.45, 7) is 4.00. The fraction of sp³-hybridized carbons (Fsp3) is 0.130. The Kier molecular flexibility index (Phi) is 5.75. The molecule has 142 valence electrons. The predicted octanol–water partition coefficient (Wildman–Crippen LogP) is 5.73. The number of carboxylic acid groups (broad SMARTS) is 1. The Morgan fingerprint density at radius 1 is 0.821 bits per heavy atom. The van der Waals surface area contributed by atoms with E-state index in [1.807, 2.05) is 62.4 Å². The van der Waals surface area contributed by atoms with E-state index in [4.69, 9.17) is 4.74 Å². The van der Waals surface area contributed by atoms with Gasteiger partial charge in [0.25, 0.3) is 0 Å². The van der Waals surface area contributed by atoms with Crippen molar-refractivity contribution in [3.63, 3.8) is 0 Å². The van der Waals surface area contributed by atoms with Gasteiger partial charge in [0.05, 0.1) is 11.3 Å². The molecule has 0 unspecified atom stereocenters. The minimum Gasteiger partial charge on any atom is -0.478 e. The fourth-order valence-electron chi connectivity index (χ4n) is 3.26. The van der Waals surface area contributed by atoms with Crippen LogP contribution in [0, 0.1) is 0 Å². The van der Waals surface area contributed by atoms with E-state index < -0.39 is 18.2 Å². The van der Waals surface area contributed by atoms with Crippen LogP contribution in [0.2, 0.25) is 0 Å². The van der Waals surface area contributed by atoms with Crippen molar-refractivity contribution < 1.29 is 19.4 Å². The summed E-state index contributed by atoms with van der Waals surface area (Å²) in [4.78, 5) is 23.7. The molecule has 5 nitrogen and oxygen atoms in total. The van der Waals surface area contributed by atoms with E-state index in [1.165, 1.54) is 12.1 Å². The summed E-state index contributed by atoms with van der Waals surface area (Å²) >= 11 is 0. The van der Waals surface area contributed by atoms with E-state index >= 15 is 0 Å².